The van der Waals surface area contributed by atoms with Gasteiger partial charge in [0, 0.05) is 13.1 Å². The van der Waals surface area contributed by atoms with E-state index in [0.29, 0.717) is 0 Å². The van der Waals surface area contributed by atoms with Crippen LogP contribution in [0.4, 0.5) is 0 Å². The number of hydrogen-bond acceptors (Lipinski definition) is 3. The lowest BCUT2D eigenvalue weighted by Crippen LogP contribution is -2.28. The van der Waals surface area contributed by atoms with Gasteiger partial charge >= 0.3 is 0 Å². The first-order valence-electron chi connectivity index (χ1n) is 4.27. The van der Waals surface area contributed by atoms with Gasteiger partial charge in [-0.2, -0.15) is 0 Å². The Bertz CT molecular complexity index is 73.7. The molecule has 0 aromatic carbocycles. The molecule has 0 aliphatic carbocycles. The van der Waals surface area contributed by atoms with E-state index in [1.165, 1.54) is 6.42 Å². The summed E-state index contributed by atoms with van der Waals surface area (Å²) in [5, 5.41) is 6.49. The summed E-state index contributed by atoms with van der Waals surface area (Å²) in [6.07, 6.45) is 1.21. The maximum absolute atomic E-state index is 3.37. The van der Waals surface area contributed by atoms with E-state index in [1.54, 1.807) is 0 Å². The van der Waals surface area contributed by atoms with E-state index in [-0.39, 0.29) is 0 Å². The van der Waals surface area contributed by atoms with Crippen molar-refractivity contribution >= 4 is 0 Å². The normalized spacial score (nSPS) is 10.9. The van der Waals surface area contributed by atoms with Crippen LogP contribution in [-0.2, 0) is 0 Å². The number of likely N-dealkylation sites (N-methyl/N-ethyl adjacent to an activating group) is 1. The van der Waals surface area contributed by atoms with Crippen molar-refractivity contribution in [1.29, 1.82) is 0 Å². The van der Waals surface area contributed by atoms with E-state index in [1.807, 2.05) is 7.05 Å². The molecule has 0 aliphatic heterocycles. The lowest BCUT2D eigenvalue weighted by atomic mass is 10.4. The summed E-state index contributed by atoms with van der Waals surface area (Å²) >= 11 is 0. The highest BCUT2D eigenvalue weighted by molar-refractivity contribution is 4.51. The minimum absolute atomic E-state index is 1.09. The van der Waals surface area contributed by atoms with Gasteiger partial charge in [0.2, 0.25) is 0 Å². The molecule has 0 aliphatic rings. The molecule has 0 aromatic heterocycles. The predicted octanol–water partition coefficient (Wildman–Crippen LogP) is -0.253. The molecule has 0 bridgehead atoms. The first-order chi connectivity index (χ1) is 5.27. The van der Waals surface area contributed by atoms with E-state index in [9.17, 15) is 0 Å². The topological polar surface area (TPSA) is 27.3 Å². The zero-order valence-electron chi connectivity index (χ0n) is 7.98. The fraction of sp³-hybridized carbons (Fsp3) is 1.00. The van der Waals surface area contributed by atoms with Crippen LogP contribution in [0, 0.1) is 0 Å². The van der Waals surface area contributed by atoms with Crippen molar-refractivity contribution in [2.45, 2.75) is 6.42 Å². The first-order valence-corrected chi connectivity index (χ1v) is 4.27. The molecule has 0 spiro atoms. The summed E-state index contributed by atoms with van der Waals surface area (Å²) in [6, 6.07) is 0. The second kappa shape index (κ2) is 7.98. The Labute approximate surface area is 70.2 Å². The molecule has 68 valence electrons. The maximum Gasteiger partial charge on any atom is 0.0101 e. The van der Waals surface area contributed by atoms with Gasteiger partial charge < -0.3 is 15.5 Å². The predicted molar refractivity (Wildman–Crippen MR) is 50.0 cm³/mol. The van der Waals surface area contributed by atoms with Gasteiger partial charge in [-0.3, -0.25) is 0 Å². The third-order valence-corrected chi connectivity index (χ3v) is 1.52. The lowest BCUT2D eigenvalue weighted by Gasteiger charge is -2.09. The van der Waals surface area contributed by atoms with Crippen LogP contribution in [0.2, 0.25) is 0 Å². The number of nitrogens with zero attached hydrogens (tertiary/aromatic N) is 1. The van der Waals surface area contributed by atoms with E-state index < -0.39 is 0 Å². The Balaban J connectivity index is 2.80. The molecular weight excluding hydrogens is 138 g/mol. The molecule has 0 atom stereocenters. The van der Waals surface area contributed by atoms with Gasteiger partial charge in [-0.05, 0) is 40.7 Å². The summed E-state index contributed by atoms with van der Waals surface area (Å²) < 4.78 is 0. The van der Waals surface area contributed by atoms with E-state index in [0.717, 1.165) is 26.2 Å². The second-order valence-corrected chi connectivity index (χ2v) is 3.01. The maximum atomic E-state index is 3.37. The molecule has 2 N–H and O–H groups in total. The molecule has 0 heterocycles. The van der Waals surface area contributed by atoms with Gasteiger partial charge in [-0.15, -0.1) is 0 Å². The van der Waals surface area contributed by atoms with E-state index in [4.69, 9.17) is 0 Å². The molecule has 11 heavy (non-hydrogen) atoms. The highest BCUT2D eigenvalue weighted by Crippen LogP contribution is 1.73. The minimum atomic E-state index is 1.09. The Morgan fingerprint density at radius 3 is 2.36 bits per heavy atom. The third-order valence-electron chi connectivity index (χ3n) is 1.52. The van der Waals surface area contributed by atoms with Crippen LogP contribution >= 0.6 is 0 Å². The molecule has 0 fully saturated rings. The largest absolute Gasteiger partial charge is 0.320 e. The molecule has 0 saturated carbocycles. The minimum Gasteiger partial charge on any atom is -0.320 e. The zero-order valence-corrected chi connectivity index (χ0v) is 7.98. The fourth-order valence-electron chi connectivity index (χ4n) is 0.818. The summed E-state index contributed by atoms with van der Waals surface area (Å²) in [6.45, 7) is 4.44. The average Bonchev–Trinajstić information content (AvgIpc) is 1.96. The molecule has 0 unspecified atom stereocenters. The van der Waals surface area contributed by atoms with E-state index in [2.05, 4.69) is 29.6 Å². The molecule has 0 rings (SSSR count). The lowest BCUT2D eigenvalue weighted by molar-refractivity contribution is 0.399. The van der Waals surface area contributed by atoms with Crippen LogP contribution in [0.3, 0.4) is 0 Å². The first kappa shape index (κ1) is 10.9. The van der Waals surface area contributed by atoms with Crippen LogP contribution in [-0.4, -0.2) is 52.2 Å². The summed E-state index contributed by atoms with van der Waals surface area (Å²) in [5.41, 5.74) is 0. The average molecular weight is 159 g/mol. The Morgan fingerprint density at radius 2 is 1.82 bits per heavy atom. The van der Waals surface area contributed by atoms with Crippen LogP contribution < -0.4 is 10.6 Å². The van der Waals surface area contributed by atoms with Crippen molar-refractivity contribution in [3.8, 4) is 0 Å². The van der Waals surface area contributed by atoms with Crippen LogP contribution in [0.1, 0.15) is 6.42 Å². The number of hydrogen-bond donors (Lipinski definition) is 2. The van der Waals surface area contributed by atoms with Crippen LogP contribution in [0.15, 0.2) is 0 Å². The second-order valence-electron chi connectivity index (χ2n) is 3.01. The SMILES string of the molecule is CNCCCNCCN(C)C. The molecule has 0 aromatic rings. The van der Waals surface area contributed by atoms with Gasteiger partial charge in [0.25, 0.3) is 0 Å². The Kier molecular flexibility index (Phi) is 7.89. The molecule has 0 saturated heterocycles. The zero-order chi connectivity index (χ0) is 8.53. The standard InChI is InChI=1S/C8H21N3/c1-9-5-4-6-10-7-8-11(2)3/h9-10H,4-8H2,1-3H3. The third kappa shape index (κ3) is 9.88. The van der Waals surface area contributed by atoms with Crippen molar-refractivity contribution in [3.63, 3.8) is 0 Å². The number of nitrogens with one attached hydrogen (secondary N) is 2. The quantitative estimate of drug-likeness (QED) is 0.502. The van der Waals surface area contributed by atoms with Crippen molar-refractivity contribution in [3.05, 3.63) is 0 Å². The van der Waals surface area contributed by atoms with Gasteiger partial charge in [-0.25, -0.2) is 0 Å². The summed E-state index contributed by atoms with van der Waals surface area (Å²) in [5.74, 6) is 0. The van der Waals surface area contributed by atoms with Gasteiger partial charge in [0.05, 0.1) is 0 Å². The smallest absolute Gasteiger partial charge is 0.0101 e. The van der Waals surface area contributed by atoms with Crippen LogP contribution in [0.5, 0.6) is 0 Å². The highest BCUT2D eigenvalue weighted by Gasteiger charge is 1.88. The van der Waals surface area contributed by atoms with Crippen LogP contribution in [0.25, 0.3) is 0 Å². The van der Waals surface area contributed by atoms with Crippen molar-refractivity contribution in [2.75, 3.05) is 47.3 Å². The van der Waals surface area contributed by atoms with Crippen molar-refractivity contribution in [2.24, 2.45) is 0 Å². The molecular formula is C8H21N3. The van der Waals surface area contributed by atoms with Crippen molar-refractivity contribution in [1.82, 2.24) is 15.5 Å². The van der Waals surface area contributed by atoms with E-state index >= 15 is 0 Å². The summed E-state index contributed by atoms with van der Waals surface area (Å²) in [7, 11) is 6.17. The Hall–Kier alpha value is -0.120. The number of rotatable bonds is 7. The van der Waals surface area contributed by atoms with Gasteiger partial charge in [0.15, 0.2) is 0 Å². The van der Waals surface area contributed by atoms with Gasteiger partial charge in [0.1, 0.15) is 0 Å². The summed E-state index contributed by atoms with van der Waals surface area (Å²) in [4.78, 5) is 2.19. The molecule has 0 amide bonds. The molecule has 3 heteroatoms. The Morgan fingerprint density at radius 1 is 1.09 bits per heavy atom. The fourth-order valence-corrected chi connectivity index (χ4v) is 0.818. The van der Waals surface area contributed by atoms with Gasteiger partial charge in [-0.1, -0.05) is 0 Å². The monoisotopic (exact) mass is 159 g/mol. The molecule has 3 nitrogen and oxygen atoms in total. The highest BCUT2D eigenvalue weighted by atomic mass is 15.1. The van der Waals surface area contributed by atoms with Crippen molar-refractivity contribution < 1.29 is 0 Å². The molecule has 0 radical (unpaired) electrons.